The van der Waals surface area contributed by atoms with Gasteiger partial charge in [0.2, 0.25) is 0 Å². The Kier molecular flexibility index (Phi) is 6.36. The number of ether oxygens (including phenoxy) is 1. The zero-order chi connectivity index (χ0) is 16.0. The maximum absolute atomic E-state index is 12.0. The summed E-state index contributed by atoms with van der Waals surface area (Å²) in [5.41, 5.74) is 5.97. The third-order valence-corrected chi connectivity index (χ3v) is 4.07. The summed E-state index contributed by atoms with van der Waals surface area (Å²) in [6.07, 6.45) is 1.68. The molecule has 1 rings (SSSR count). The molecule has 1 unspecified atom stereocenters. The highest BCUT2D eigenvalue weighted by Crippen LogP contribution is 2.25. The van der Waals surface area contributed by atoms with Crippen molar-refractivity contribution in [3.8, 4) is 0 Å². The number of thiophene rings is 1. The van der Waals surface area contributed by atoms with Crippen LogP contribution >= 0.6 is 11.3 Å². The van der Waals surface area contributed by atoms with E-state index in [1.54, 1.807) is 6.07 Å². The van der Waals surface area contributed by atoms with Gasteiger partial charge < -0.3 is 10.5 Å². The molecule has 0 aromatic carbocycles. The lowest BCUT2D eigenvalue weighted by Gasteiger charge is -2.10. The van der Waals surface area contributed by atoms with Crippen molar-refractivity contribution in [3.05, 3.63) is 21.4 Å². The molecule has 0 bridgehead atoms. The molecule has 0 radical (unpaired) electrons. The molecule has 0 saturated heterocycles. The van der Waals surface area contributed by atoms with E-state index in [9.17, 15) is 14.4 Å². The number of primary amides is 1. The number of rotatable bonds is 6. The van der Waals surface area contributed by atoms with E-state index >= 15 is 0 Å². The minimum Gasteiger partial charge on any atom is -0.448 e. The lowest BCUT2D eigenvalue weighted by molar-refractivity contribution is -0.127. The number of nitrogens with one attached hydrogen (secondary N) is 1. The average molecular weight is 312 g/mol. The standard InChI is InChI=1S/C14H20N2O4S/c1-4-6-10-9(5-2)7-11(21-10)13(18)20-8(3)12(17)16-14(15)19/h7-8H,4-6H2,1-3H3,(H3,15,16,17,19). The molecule has 0 aliphatic heterocycles. The molecule has 0 fully saturated rings. The Morgan fingerprint density at radius 3 is 2.57 bits per heavy atom. The monoisotopic (exact) mass is 312 g/mol. The first-order valence-electron chi connectivity index (χ1n) is 6.81. The van der Waals surface area contributed by atoms with E-state index in [1.807, 2.05) is 12.2 Å². The van der Waals surface area contributed by atoms with Crippen molar-refractivity contribution in [2.24, 2.45) is 5.73 Å². The van der Waals surface area contributed by atoms with Crippen molar-refractivity contribution in [1.29, 1.82) is 0 Å². The van der Waals surface area contributed by atoms with E-state index in [0.717, 1.165) is 24.8 Å². The molecule has 7 heteroatoms. The Hall–Kier alpha value is -1.89. The first-order valence-corrected chi connectivity index (χ1v) is 7.63. The van der Waals surface area contributed by atoms with Crippen molar-refractivity contribution >= 4 is 29.2 Å². The number of nitrogens with two attached hydrogens (primary N) is 1. The number of amides is 3. The molecule has 1 atom stereocenters. The van der Waals surface area contributed by atoms with Crippen molar-refractivity contribution in [2.45, 2.75) is 46.1 Å². The van der Waals surface area contributed by atoms with Gasteiger partial charge in [-0.3, -0.25) is 10.1 Å². The summed E-state index contributed by atoms with van der Waals surface area (Å²) < 4.78 is 5.04. The van der Waals surface area contributed by atoms with Crippen LogP contribution in [0.15, 0.2) is 6.07 Å². The zero-order valence-corrected chi connectivity index (χ0v) is 13.2. The molecule has 1 aromatic rings. The molecular formula is C14H20N2O4S. The Bertz CT molecular complexity index is 539. The van der Waals surface area contributed by atoms with E-state index in [2.05, 4.69) is 6.92 Å². The third-order valence-electron chi connectivity index (χ3n) is 2.86. The van der Waals surface area contributed by atoms with Gasteiger partial charge in [0.15, 0.2) is 6.10 Å². The van der Waals surface area contributed by atoms with Gasteiger partial charge in [0, 0.05) is 4.88 Å². The van der Waals surface area contributed by atoms with Crippen LogP contribution in [-0.2, 0) is 22.4 Å². The van der Waals surface area contributed by atoms with Crippen LogP contribution in [0.1, 0.15) is 47.3 Å². The normalized spacial score (nSPS) is 11.8. The number of carbonyl (C=O) groups is 3. The van der Waals surface area contributed by atoms with E-state index in [0.29, 0.717) is 4.88 Å². The van der Waals surface area contributed by atoms with Crippen molar-refractivity contribution in [2.75, 3.05) is 0 Å². The van der Waals surface area contributed by atoms with Crippen molar-refractivity contribution in [1.82, 2.24) is 5.32 Å². The van der Waals surface area contributed by atoms with Crippen LogP contribution in [0.5, 0.6) is 0 Å². The molecule has 0 spiro atoms. The molecule has 0 saturated carbocycles. The second-order valence-corrected chi connectivity index (χ2v) is 5.70. The molecule has 0 aliphatic carbocycles. The Morgan fingerprint density at radius 2 is 2.05 bits per heavy atom. The molecule has 3 N–H and O–H groups in total. The summed E-state index contributed by atoms with van der Waals surface area (Å²) in [7, 11) is 0. The summed E-state index contributed by atoms with van der Waals surface area (Å²) in [5.74, 6) is -1.30. The van der Waals surface area contributed by atoms with Gasteiger partial charge >= 0.3 is 12.0 Å². The summed E-state index contributed by atoms with van der Waals surface area (Å²) in [6, 6.07) is 0.828. The fourth-order valence-electron chi connectivity index (χ4n) is 1.80. The van der Waals surface area contributed by atoms with Crippen LogP contribution in [0.25, 0.3) is 0 Å². The Labute approximate surface area is 127 Å². The van der Waals surface area contributed by atoms with Crippen molar-refractivity contribution < 1.29 is 19.1 Å². The quantitative estimate of drug-likeness (QED) is 0.785. The third kappa shape index (κ3) is 4.86. The number of aryl methyl sites for hydroxylation is 2. The molecule has 0 aliphatic rings. The SMILES string of the molecule is CCCc1sc(C(=O)OC(C)C(=O)NC(N)=O)cc1CC. The summed E-state index contributed by atoms with van der Waals surface area (Å²) in [4.78, 5) is 35.7. The van der Waals surface area contributed by atoms with Gasteiger partial charge in [0.25, 0.3) is 5.91 Å². The highest BCUT2D eigenvalue weighted by Gasteiger charge is 2.22. The minimum absolute atomic E-state index is 0.467. The summed E-state index contributed by atoms with van der Waals surface area (Å²) in [6.45, 7) is 5.49. The number of imide groups is 1. The molecule has 1 aromatic heterocycles. The van der Waals surface area contributed by atoms with Gasteiger partial charge in [-0.1, -0.05) is 20.3 Å². The summed E-state index contributed by atoms with van der Waals surface area (Å²) in [5, 5.41) is 1.87. The van der Waals surface area contributed by atoms with E-state index in [-0.39, 0.29) is 0 Å². The van der Waals surface area contributed by atoms with Gasteiger partial charge in [-0.05, 0) is 31.4 Å². The predicted octanol–water partition coefficient (Wildman–Crippen LogP) is 2.00. The van der Waals surface area contributed by atoms with Gasteiger partial charge in [0.1, 0.15) is 4.88 Å². The largest absolute Gasteiger partial charge is 0.448 e. The lowest BCUT2D eigenvalue weighted by Crippen LogP contribution is -2.42. The van der Waals surface area contributed by atoms with Gasteiger partial charge in [-0.25, -0.2) is 9.59 Å². The van der Waals surface area contributed by atoms with Gasteiger partial charge in [0.05, 0.1) is 0 Å². The van der Waals surface area contributed by atoms with Crippen LogP contribution in [0.2, 0.25) is 0 Å². The highest BCUT2D eigenvalue weighted by atomic mass is 32.1. The van der Waals surface area contributed by atoms with E-state index in [1.165, 1.54) is 23.1 Å². The first-order chi connectivity index (χ1) is 9.88. The maximum atomic E-state index is 12.0. The number of hydrogen-bond donors (Lipinski definition) is 2. The molecule has 6 nitrogen and oxygen atoms in total. The van der Waals surface area contributed by atoms with Crippen LogP contribution in [0.3, 0.4) is 0 Å². The number of hydrogen-bond acceptors (Lipinski definition) is 5. The number of carbonyl (C=O) groups excluding carboxylic acids is 3. The smallest absolute Gasteiger partial charge is 0.349 e. The fourth-order valence-corrected chi connectivity index (χ4v) is 3.04. The molecular weight excluding hydrogens is 292 g/mol. The molecule has 116 valence electrons. The van der Waals surface area contributed by atoms with E-state index in [4.69, 9.17) is 10.5 Å². The molecule has 21 heavy (non-hydrogen) atoms. The van der Waals surface area contributed by atoms with E-state index < -0.39 is 24.0 Å². The number of esters is 1. The Balaban J connectivity index is 2.75. The fraction of sp³-hybridized carbons (Fsp3) is 0.500. The topological polar surface area (TPSA) is 98.5 Å². The van der Waals surface area contributed by atoms with Crippen molar-refractivity contribution in [3.63, 3.8) is 0 Å². The van der Waals surface area contributed by atoms with Gasteiger partial charge in [-0.15, -0.1) is 11.3 Å². The maximum Gasteiger partial charge on any atom is 0.349 e. The second-order valence-electron chi connectivity index (χ2n) is 4.56. The number of urea groups is 1. The van der Waals surface area contributed by atoms with Crippen LogP contribution in [-0.4, -0.2) is 24.0 Å². The predicted molar refractivity (Wildman–Crippen MR) is 80.3 cm³/mol. The zero-order valence-electron chi connectivity index (χ0n) is 12.4. The Morgan fingerprint density at radius 1 is 1.38 bits per heavy atom. The highest BCUT2D eigenvalue weighted by molar-refractivity contribution is 7.14. The van der Waals surface area contributed by atoms with Crippen LogP contribution < -0.4 is 11.1 Å². The summed E-state index contributed by atoms with van der Waals surface area (Å²) >= 11 is 1.39. The molecule has 3 amide bonds. The lowest BCUT2D eigenvalue weighted by atomic mass is 10.1. The van der Waals surface area contributed by atoms with Crippen LogP contribution in [0, 0.1) is 0 Å². The first kappa shape index (κ1) is 17.2. The average Bonchev–Trinajstić information content (AvgIpc) is 2.81. The van der Waals surface area contributed by atoms with Gasteiger partial charge in [-0.2, -0.15) is 0 Å². The minimum atomic E-state index is -1.08. The second kappa shape index (κ2) is 7.78. The molecule has 1 heterocycles. The van der Waals surface area contributed by atoms with Crippen LogP contribution in [0.4, 0.5) is 4.79 Å².